The van der Waals surface area contributed by atoms with Crippen LogP contribution in [0.3, 0.4) is 0 Å². The lowest BCUT2D eigenvalue weighted by atomic mass is 9.82. The van der Waals surface area contributed by atoms with Crippen molar-refractivity contribution in [3.8, 4) is 0 Å². The maximum atomic E-state index is 12.3. The molecule has 0 spiro atoms. The molecule has 9 heteroatoms. The molecule has 2 aliphatic rings. The maximum Gasteiger partial charge on any atom is 0.310 e. The van der Waals surface area contributed by atoms with Crippen molar-refractivity contribution in [1.29, 1.82) is 0 Å². The number of carbonyl (C=O) groups excluding carboxylic acids is 2. The lowest BCUT2D eigenvalue weighted by Gasteiger charge is -2.36. The van der Waals surface area contributed by atoms with Crippen LogP contribution < -0.4 is 5.73 Å². The minimum absolute atomic E-state index is 0.0258. The van der Waals surface area contributed by atoms with Crippen molar-refractivity contribution in [3.63, 3.8) is 0 Å². The van der Waals surface area contributed by atoms with Gasteiger partial charge in [-0.05, 0) is 90.8 Å². The highest BCUT2D eigenvalue weighted by molar-refractivity contribution is 7.14. The number of aliphatic carboxylic acids is 1. The van der Waals surface area contributed by atoms with E-state index in [0.717, 1.165) is 52.2 Å². The summed E-state index contributed by atoms with van der Waals surface area (Å²) in [6, 6.07) is 12.1. The first-order chi connectivity index (χ1) is 27.8. The second-order valence-electron chi connectivity index (χ2n) is 16.9. The number of carbonyl (C=O) groups is 3. The molecule has 4 rings (SSSR count). The van der Waals surface area contributed by atoms with Gasteiger partial charge in [0.05, 0.1) is 23.9 Å². The molecule has 0 radical (unpaired) electrons. The van der Waals surface area contributed by atoms with Gasteiger partial charge in [-0.15, -0.1) is 11.3 Å². The standard InChI is InChI=1S/C37H55N3O3.C10H15NOS.C2H6/c1-5-7-8-10-29(6-2)14-13-28(3)32-11-9-12-33(21-20-32)34(24-38-4)25-39-23-31-17-15-30(16-18-31)19-22-36(41)40-26-35(27-40)37(42)43;1-10(2,3)9-5-4-8(13-9)7(12)6-11;1-2/h15-18,21,24-25,28-29,32,35H,4-14,19-20,22-23,26-27H2,1-3H3,(H,42,43);4-5H,6,11H2,1-3H3;1-2H3/b34-24+,39-25?;;. The smallest absolute Gasteiger partial charge is 0.310 e. The Morgan fingerprint density at radius 3 is 2.29 bits per heavy atom. The summed E-state index contributed by atoms with van der Waals surface area (Å²) in [6.45, 7) is 22.6. The lowest BCUT2D eigenvalue weighted by Crippen LogP contribution is -2.53. The van der Waals surface area contributed by atoms with Crippen LogP contribution in [0.25, 0.3) is 0 Å². The summed E-state index contributed by atoms with van der Waals surface area (Å²) in [4.78, 5) is 46.9. The number of likely N-dealkylation sites (tertiary alicyclic amines) is 1. The van der Waals surface area contributed by atoms with Gasteiger partial charge in [0.1, 0.15) is 0 Å². The molecule has 0 saturated carbocycles. The molecular formula is C49H76N4O4S. The monoisotopic (exact) mass is 817 g/mol. The number of thiophene rings is 1. The van der Waals surface area contributed by atoms with E-state index in [-0.39, 0.29) is 23.7 Å². The molecule has 0 bridgehead atoms. The van der Waals surface area contributed by atoms with Gasteiger partial charge >= 0.3 is 5.97 Å². The molecule has 2 aromatic rings. The van der Waals surface area contributed by atoms with Crippen LogP contribution in [0.1, 0.15) is 158 Å². The van der Waals surface area contributed by atoms with Gasteiger partial charge in [0.15, 0.2) is 5.78 Å². The van der Waals surface area contributed by atoms with Crippen molar-refractivity contribution >= 4 is 41.9 Å². The number of unbranched alkanes of at least 4 members (excludes halogenated alkanes) is 2. The van der Waals surface area contributed by atoms with Gasteiger partial charge < -0.3 is 15.7 Å². The van der Waals surface area contributed by atoms with Crippen LogP contribution in [-0.2, 0) is 28.0 Å². The molecular weight excluding hydrogens is 741 g/mol. The molecule has 1 aliphatic heterocycles. The number of rotatable bonds is 20. The van der Waals surface area contributed by atoms with Crippen molar-refractivity contribution < 1.29 is 19.5 Å². The highest BCUT2D eigenvalue weighted by Crippen LogP contribution is 2.34. The topological polar surface area (TPSA) is 125 Å². The molecule has 1 aromatic heterocycles. The Balaban J connectivity index is 0.000000650. The highest BCUT2D eigenvalue weighted by atomic mass is 32.1. The molecule has 1 saturated heterocycles. The Kier molecular flexibility index (Phi) is 23.6. The Morgan fingerprint density at radius 2 is 1.71 bits per heavy atom. The first-order valence-electron chi connectivity index (χ1n) is 22.1. The zero-order valence-electron chi connectivity index (χ0n) is 37.2. The molecule has 1 fully saturated rings. The number of hydrogen-bond acceptors (Lipinski definition) is 7. The second kappa shape index (κ2) is 27.1. The summed E-state index contributed by atoms with van der Waals surface area (Å²) in [5.41, 5.74) is 10.0. The maximum absolute atomic E-state index is 12.3. The van der Waals surface area contributed by atoms with Crippen LogP contribution >= 0.6 is 11.3 Å². The third kappa shape index (κ3) is 17.7. The van der Waals surface area contributed by atoms with Gasteiger partial charge in [0.25, 0.3) is 0 Å². The predicted molar refractivity (Wildman–Crippen MR) is 246 cm³/mol. The van der Waals surface area contributed by atoms with Gasteiger partial charge in [0, 0.05) is 42.4 Å². The van der Waals surface area contributed by atoms with Gasteiger partial charge in [-0.1, -0.05) is 131 Å². The number of aryl methyl sites for hydroxylation is 1. The Morgan fingerprint density at radius 1 is 1.02 bits per heavy atom. The zero-order valence-corrected chi connectivity index (χ0v) is 38.0. The van der Waals surface area contributed by atoms with E-state index in [0.29, 0.717) is 32.5 Å². The van der Waals surface area contributed by atoms with Crippen molar-refractivity contribution in [2.45, 2.75) is 151 Å². The van der Waals surface area contributed by atoms with Crippen molar-refractivity contribution in [2.75, 3.05) is 19.6 Å². The molecule has 322 valence electrons. The van der Waals surface area contributed by atoms with Gasteiger partial charge in [-0.3, -0.25) is 24.4 Å². The number of hydrogen-bond donors (Lipinski definition) is 2. The minimum atomic E-state index is -0.820. The van der Waals surface area contributed by atoms with Crippen molar-refractivity contribution in [1.82, 2.24) is 4.90 Å². The molecule has 8 nitrogen and oxygen atoms in total. The van der Waals surface area contributed by atoms with Crippen molar-refractivity contribution in [2.24, 2.45) is 39.4 Å². The fourth-order valence-corrected chi connectivity index (χ4v) is 8.43. The summed E-state index contributed by atoms with van der Waals surface area (Å²) in [5, 5.41) is 8.99. The van der Waals surface area contributed by atoms with Gasteiger partial charge in [-0.2, -0.15) is 0 Å². The minimum Gasteiger partial charge on any atom is -0.481 e. The predicted octanol–water partition coefficient (Wildman–Crippen LogP) is 11.7. The molecule has 58 heavy (non-hydrogen) atoms. The van der Waals surface area contributed by atoms with Crippen LogP contribution in [0.4, 0.5) is 0 Å². The van der Waals surface area contributed by atoms with E-state index < -0.39 is 11.9 Å². The Hall–Kier alpha value is -3.69. The zero-order chi connectivity index (χ0) is 43.1. The number of carboxylic acid groups (broad SMARTS) is 1. The summed E-state index contributed by atoms with van der Waals surface area (Å²) in [5.74, 6) is 1.23. The Bertz CT molecular complexity index is 1630. The van der Waals surface area contributed by atoms with Crippen LogP contribution in [-0.4, -0.2) is 60.2 Å². The average molecular weight is 817 g/mol. The van der Waals surface area contributed by atoms with Crippen molar-refractivity contribution in [3.05, 3.63) is 80.7 Å². The third-order valence-electron chi connectivity index (χ3n) is 11.5. The number of nitrogens with zero attached hydrogens (tertiary/aromatic N) is 3. The van der Waals surface area contributed by atoms with E-state index in [4.69, 9.17) is 15.8 Å². The van der Waals surface area contributed by atoms with Crippen LogP contribution in [0.5, 0.6) is 0 Å². The molecule has 1 aromatic carbocycles. The fourth-order valence-electron chi connectivity index (χ4n) is 7.41. The number of aliphatic imine (C=N–C) groups is 2. The number of nitrogens with two attached hydrogens (primary N) is 1. The molecule has 1 aliphatic carbocycles. The third-order valence-corrected chi connectivity index (χ3v) is 13.0. The summed E-state index contributed by atoms with van der Waals surface area (Å²) in [7, 11) is 0. The number of ketones is 1. The highest BCUT2D eigenvalue weighted by Gasteiger charge is 2.35. The van der Waals surface area contributed by atoms with E-state index in [9.17, 15) is 14.4 Å². The van der Waals surface area contributed by atoms with E-state index in [1.807, 2.05) is 38.4 Å². The second-order valence-corrected chi connectivity index (χ2v) is 18.0. The van der Waals surface area contributed by atoms with E-state index in [1.165, 1.54) is 68.2 Å². The molecule has 2 heterocycles. The lowest BCUT2D eigenvalue weighted by molar-refractivity contribution is -0.152. The average Bonchev–Trinajstić information content (AvgIpc) is 3.58. The number of Topliss-reactive ketones (excluding diaryl/α,β-unsaturated/α-hetero) is 1. The van der Waals surface area contributed by atoms with Crippen LogP contribution in [0, 0.1) is 23.7 Å². The number of amides is 1. The molecule has 1 amide bonds. The molecule has 3 atom stereocenters. The Labute approximate surface area is 355 Å². The van der Waals surface area contributed by atoms with Crippen LogP contribution in [0.15, 0.2) is 69.8 Å². The summed E-state index contributed by atoms with van der Waals surface area (Å²) in [6.07, 6.45) is 21.5. The first-order valence-corrected chi connectivity index (χ1v) is 22.9. The van der Waals surface area contributed by atoms with Gasteiger partial charge in [-0.25, -0.2) is 0 Å². The molecule has 3 N–H and O–H groups in total. The number of carboxylic acids is 1. The summed E-state index contributed by atoms with van der Waals surface area (Å²) < 4.78 is 0. The first kappa shape index (κ1) is 50.5. The van der Waals surface area contributed by atoms with E-state index in [1.54, 1.807) is 16.2 Å². The van der Waals surface area contributed by atoms with E-state index >= 15 is 0 Å². The van der Waals surface area contributed by atoms with Crippen LogP contribution in [0.2, 0.25) is 0 Å². The number of allylic oxidation sites excluding steroid dienone is 3. The SMILES string of the molecule is C=N/C=C(\C=NCc1ccc(CCC(=O)N2CC(C(=O)O)C2)cc1)C1=CCC(C(C)CCC(CC)CCCCC)CCC1.CC.CC(C)(C)c1ccc(C(=O)CN)s1. The van der Waals surface area contributed by atoms with Gasteiger partial charge in [0.2, 0.25) is 5.91 Å². The normalized spacial score (nSPS) is 17.1. The largest absolute Gasteiger partial charge is 0.481 e. The number of benzene rings is 1. The van der Waals surface area contributed by atoms with E-state index in [2.05, 4.69) is 83.6 Å². The fraction of sp³-hybridized carbons (Fsp3) is 0.612. The molecule has 3 unspecified atom stereocenters. The summed E-state index contributed by atoms with van der Waals surface area (Å²) >= 11 is 1.54. The quantitative estimate of drug-likeness (QED) is 0.0782.